The number of rotatable bonds is 8. The third-order valence-electron chi connectivity index (χ3n) is 3.07. The molecule has 19 heavy (non-hydrogen) atoms. The van der Waals surface area contributed by atoms with Crippen LogP contribution in [0.5, 0.6) is 0 Å². The predicted octanol–water partition coefficient (Wildman–Crippen LogP) is 2.63. The minimum Gasteiger partial charge on any atom is -0.251 e. The van der Waals surface area contributed by atoms with E-state index in [-0.39, 0.29) is 12.6 Å². The summed E-state index contributed by atoms with van der Waals surface area (Å²) < 4.78 is 36.9. The van der Waals surface area contributed by atoms with Crippen LogP contribution in [-0.2, 0) is 16.4 Å². The van der Waals surface area contributed by atoms with Gasteiger partial charge in [-0.1, -0.05) is 31.2 Å². The Labute approximate surface area is 115 Å². The second-order valence-corrected chi connectivity index (χ2v) is 6.70. The molecule has 1 aromatic carbocycles. The maximum absolute atomic E-state index is 12.1. The average Bonchev–Trinajstić information content (AvgIpc) is 2.36. The summed E-state index contributed by atoms with van der Waals surface area (Å²) in [5.41, 5.74) is 2.32. The van der Waals surface area contributed by atoms with Gasteiger partial charge in [0, 0.05) is 6.54 Å². The van der Waals surface area contributed by atoms with Crippen molar-refractivity contribution in [2.75, 3.05) is 19.5 Å². The third-order valence-corrected chi connectivity index (χ3v) is 3.76. The van der Waals surface area contributed by atoms with Crippen LogP contribution in [0.3, 0.4) is 0 Å². The van der Waals surface area contributed by atoms with E-state index in [2.05, 4.69) is 4.72 Å². The fourth-order valence-electron chi connectivity index (χ4n) is 2.04. The van der Waals surface area contributed by atoms with Crippen molar-refractivity contribution in [2.45, 2.75) is 32.1 Å². The Morgan fingerprint density at radius 3 is 2.58 bits per heavy atom. The lowest BCUT2D eigenvalue weighted by Crippen LogP contribution is -2.26. The summed E-state index contributed by atoms with van der Waals surface area (Å²) in [5, 5.41) is 0. The zero-order valence-corrected chi connectivity index (χ0v) is 12.3. The smallest absolute Gasteiger partial charge is 0.208 e. The number of benzene rings is 1. The van der Waals surface area contributed by atoms with Gasteiger partial charge in [-0.15, -0.1) is 0 Å². The van der Waals surface area contributed by atoms with Gasteiger partial charge in [0.25, 0.3) is 0 Å². The number of unbranched alkanes of at least 4 members (excludes halogenated alkanes) is 1. The van der Waals surface area contributed by atoms with E-state index >= 15 is 0 Å². The predicted molar refractivity (Wildman–Crippen MR) is 76.6 cm³/mol. The Morgan fingerprint density at radius 1 is 1.26 bits per heavy atom. The summed E-state index contributed by atoms with van der Waals surface area (Å²) in [6.45, 7) is 2.10. The normalized spacial score (nSPS) is 13.4. The molecule has 0 radical (unpaired) electrons. The maximum Gasteiger partial charge on any atom is 0.208 e. The molecule has 0 aromatic heterocycles. The number of hydrogen-bond acceptors (Lipinski definition) is 2. The fraction of sp³-hybridized carbons (Fsp3) is 0.571. The zero-order chi connectivity index (χ0) is 14.3. The van der Waals surface area contributed by atoms with Gasteiger partial charge in [0.15, 0.2) is 0 Å². The number of aryl methyl sites for hydroxylation is 1. The highest BCUT2D eigenvalue weighted by Crippen LogP contribution is 2.21. The van der Waals surface area contributed by atoms with E-state index < -0.39 is 10.0 Å². The van der Waals surface area contributed by atoms with E-state index in [1.165, 1.54) is 5.56 Å². The van der Waals surface area contributed by atoms with E-state index in [4.69, 9.17) is 0 Å². The summed E-state index contributed by atoms with van der Waals surface area (Å²) in [5.74, 6) is 0.108. The molecule has 0 bridgehead atoms. The van der Waals surface area contributed by atoms with E-state index in [9.17, 15) is 12.8 Å². The van der Waals surface area contributed by atoms with Gasteiger partial charge in [0.1, 0.15) is 0 Å². The van der Waals surface area contributed by atoms with Crippen molar-refractivity contribution in [1.82, 2.24) is 4.72 Å². The molecular weight excluding hydrogens is 265 g/mol. The van der Waals surface area contributed by atoms with Crippen molar-refractivity contribution in [1.29, 1.82) is 0 Å². The van der Waals surface area contributed by atoms with E-state index in [1.54, 1.807) is 0 Å². The summed E-state index contributed by atoms with van der Waals surface area (Å²) in [7, 11) is -3.16. The first-order chi connectivity index (χ1) is 8.94. The molecule has 1 atom stereocenters. The van der Waals surface area contributed by atoms with Crippen molar-refractivity contribution >= 4 is 10.0 Å². The van der Waals surface area contributed by atoms with Gasteiger partial charge < -0.3 is 0 Å². The largest absolute Gasteiger partial charge is 0.251 e. The number of sulfonamides is 1. The van der Waals surface area contributed by atoms with Gasteiger partial charge in [-0.3, -0.25) is 4.39 Å². The zero-order valence-electron chi connectivity index (χ0n) is 11.5. The van der Waals surface area contributed by atoms with Crippen molar-refractivity contribution < 1.29 is 12.8 Å². The molecule has 108 valence electrons. The Kier molecular flexibility index (Phi) is 6.45. The summed E-state index contributed by atoms with van der Waals surface area (Å²) >= 11 is 0. The molecule has 5 heteroatoms. The van der Waals surface area contributed by atoms with Crippen molar-refractivity contribution in [3.05, 3.63) is 35.4 Å². The summed E-state index contributed by atoms with van der Waals surface area (Å²) in [6, 6.07) is 7.96. The Morgan fingerprint density at radius 2 is 1.95 bits per heavy atom. The molecule has 1 aromatic rings. The first-order valence-electron chi connectivity index (χ1n) is 6.52. The van der Waals surface area contributed by atoms with Gasteiger partial charge >= 0.3 is 0 Å². The van der Waals surface area contributed by atoms with Crippen LogP contribution in [0.25, 0.3) is 0 Å². The van der Waals surface area contributed by atoms with Gasteiger partial charge in [0.2, 0.25) is 10.0 Å². The maximum atomic E-state index is 12.1. The van der Waals surface area contributed by atoms with Crippen LogP contribution in [0, 0.1) is 0 Å². The molecule has 1 N–H and O–H groups in total. The summed E-state index contributed by atoms with van der Waals surface area (Å²) in [4.78, 5) is 0. The second-order valence-electron chi connectivity index (χ2n) is 4.87. The second kappa shape index (κ2) is 7.60. The minimum atomic E-state index is -3.16. The van der Waals surface area contributed by atoms with Gasteiger partial charge in [-0.25, -0.2) is 13.1 Å². The standard InChI is InChI=1S/C14H22FNO2S/c1-12(11-16-19(2,17)18)14-9-4-3-7-13(14)8-5-6-10-15/h3-4,7,9,12,16H,5-6,8,10-11H2,1-2H3. The molecule has 0 heterocycles. The van der Waals surface area contributed by atoms with Gasteiger partial charge in [-0.2, -0.15) is 0 Å². The molecule has 0 fully saturated rings. The van der Waals surface area contributed by atoms with Crippen LogP contribution in [0.15, 0.2) is 24.3 Å². The third kappa shape index (κ3) is 6.16. The summed E-state index contributed by atoms with van der Waals surface area (Å²) in [6.07, 6.45) is 3.39. The molecule has 3 nitrogen and oxygen atoms in total. The number of nitrogens with one attached hydrogen (secondary N) is 1. The van der Waals surface area contributed by atoms with Gasteiger partial charge in [-0.05, 0) is 36.3 Å². The van der Waals surface area contributed by atoms with E-state index in [0.717, 1.165) is 24.7 Å². The Balaban J connectivity index is 2.70. The SMILES string of the molecule is CC(CNS(C)(=O)=O)c1ccccc1CCCCF. The van der Waals surface area contributed by atoms with Crippen LogP contribution >= 0.6 is 0 Å². The van der Waals surface area contributed by atoms with Gasteiger partial charge in [0.05, 0.1) is 12.9 Å². The molecule has 0 aliphatic carbocycles. The lowest BCUT2D eigenvalue weighted by molar-refractivity contribution is 0.461. The quantitative estimate of drug-likeness (QED) is 0.747. The molecule has 0 aliphatic heterocycles. The highest BCUT2D eigenvalue weighted by atomic mass is 32.2. The topological polar surface area (TPSA) is 46.2 Å². The average molecular weight is 287 g/mol. The highest BCUT2D eigenvalue weighted by molar-refractivity contribution is 7.88. The number of hydrogen-bond donors (Lipinski definition) is 1. The Bertz CT molecular complexity index is 488. The minimum absolute atomic E-state index is 0.108. The van der Waals surface area contributed by atoms with Crippen molar-refractivity contribution in [3.63, 3.8) is 0 Å². The Hall–Kier alpha value is -0.940. The molecule has 0 spiro atoms. The lowest BCUT2D eigenvalue weighted by atomic mass is 9.93. The van der Waals surface area contributed by atoms with Crippen molar-refractivity contribution in [3.8, 4) is 0 Å². The van der Waals surface area contributed by atoms with Crippen LogP contribution in [0.4, 0.5) is 4.39 Å². The lowest BCUT2D eigenvalue weighted by Gasteiger charge is -2.16. The molecule has 1 unspecified atom stereocenters. The molecular formula is C14H22FNO2S. The fourth-order valence-corrected chi connectivity index (χ4v) is 2.59. The number of halogens is 1. The molecule has 0 saturated carbocycles. The van der Waals surface area contributed by atoms with Crippen LogP contribution in [0.2, 0.25) is 0 Å². The van der Waals surface area contributed by atoms with E-state index in [0.29, 0.717) is 13.0 Å². The van der Waals surface area contributed by atoms with Crippen LogP contribution in [0.1, 0.15) is 36.8 Å². The van der Waals surface area contributed by atoms with Crippen LogP contribution in [-0.4, -0.2) is 27.9 Å². The molecule has 0 amide bonds. The number of alkyl halides is 1. The first kappa shape index (κ1) is 16.1. The molecule has 1 rings (SSSR count). The molecule has 0 aliphatic rings. The van der Waals surface area contributed by atoms with E-state index in [1.807, 2.05) is 31.2 Å². The first-order valence-corrected chi connectivity index (χ1v) is 8.41. The highest BCUT2D eigenvalue weighted by Gasteiger charge is 2.12. The monoisotopic (exact) mass is 287 g/mol. The van der Waals surface area contributed by atoms with Crippen LogP contribution < -0.4 is 4.72 Å². The van der Waals surface area contributed by atoms with Crippen molar-refractivity contribution in [2.24, 2.45) is 0 Å². The molecule has 0 saturated heterocycles.